The number of methoxy groups -OCH3 is 1. The molecule has 2 heterocycles. The lowest BCUT2D eigenvalue weighted by atomic mass is 10.1. The molecule has 1 aliphatic rings. The van der Waals surface area contributed by atoms with Crippen molar-refractivity contribution in [3.8, 4) is 17.1 Å². The zero-order chi connectivity index (χ0) is 17.4. The van der Waals surface area contributed by atoms with Crippen LogP contribution in [-0.4, -0.2) is 23.7 Å². The molecule has 0 atom stereocenters. The van der Waals surface area contributed by atoms with Crippen molar-refractivity contribution < 1.29 is 18.9 Å². The Morgan fingerprint density at radius 1 is 1.08 bits per heavy atom. The van der Waals surface area contributed by atoms with E-state index in [0.717, 1.165) is 0 Å². The second-order valence-corrected chi connectivity index (χ2v) is 5.78. The normalized spacial score (nSPS) is 11.8. The van der Waals surface area contributed by atoms with Gasteiger partial charge in [0.15, 0.2) is 6.20 Å². The highest BCUT2D eigenvalue weighted by atomic mass is 16.5. The number of carbonyl (C=O) groups excluding carboxylic acids is 2. The van der Waals surface area contributed by atoms with E-state index in [0.29, 0.717) is 33.8 Å². The predicted octanol–water partition coefficient (Wildman–Crippen LogP) is 2.47. The van der Waals surface area contributed by atoms with Crippen LogP contribution in [0, 0.1) is 0 Å². The van der Waals surface area contributed by atoms with Crippen LogP contribution in [0.25, 0.3) is 11.4 Å². The van der Waals surface area contributed by atoms with Gasteiger partial charge in [0.25, 0.3) is 0 Å². The first-order valence-corrected chi connectivity index (χ1v) is 7.89. The molecule has 3 aromatic rings. The van der Waals surface area contributed by atoms with Gasteiger partial charge >= 0.3 is 0 Å². The van der Waals surface area contributed by atoms with Gasteiger partial charge in [-0.05, 0) is 42.5 Å². The first kappa shape index (κ1) is 15.2. The Hall–Kier alpha value is -3.34. The molecular weight excluding hydrogens is 316 g/mol. The average Bonchev–Trinajstić information content (AvgIpc) is 2.96. The van der Waals surface area contributed by atoms with Crippen LogP contribution >= 0.6 is 0 Å². The first-order valence-electron chi connectivity index (χ1n) is 7.89. The summed E-state index contributed by atoms with van der Waals surface area (Å²) < 4.78 is 6.91. The van der Waals surface area contributed by atoms with Crippen LogP contribution in [0.1, 0.15) is 26.3 Å². The fourth-order valence-electron chi connectivity index (χ4n) is 3.08. The predicted molar refractivity (Wildman–Crippen MR) is 90.6 cm³/mol. The van der Waals surface area contributed by atoms with Gasteiger partial charge in [0.05, 0.1) is 18.2 Å². The third-order valence-corrected chi connectivity index (χ3v) is 4.32. The summed E-state index contributed by atoms with van der Waals surface area (Å²) in [4.78, 5) is 29.5. The van der Waals surface area contributed by atoms with Gasteiger partial charge < -0.3 is 4.74 Å². The fourth-order valence-corrected chi connectivity index (χ4v) is 3.08. The number of Topliss-reactive ketones (excluding diaryl/α,β-unsaturated/α-hetero) is 1. The molecule has 0 aliphatic heterocycles. The summed E-state index contributed by atoms with van der Waals surface area (Å²) in [5.41, 5.74) is 3.08. The molecule has 0 spiro atoms. The van der Waals surface area contributed by atoms with E-state index < -0.39 is 0 Å². The summed E-state index contributed by atoms with van der Waals surface area (Å²) in [6.07, 6.45) is 3.46. The lowest BCUT2D eigenvalue weighted by Crippen LogP contribution is -2.40. The molecule has 0 bridgehead atoms. The van der Waals surface area contributed by atoms with E-state index in [9.17, 15) is 9.59 Å². The van der Waals surface area contributed by atoms with Crippen molar-refractivity contribution in [3.63, 3.8) is 0 Å². The Labute approximate surface area is 144 Å². The molecule has 0 saturated carbocycles. The Morgan fingerprint density at radius 3 is 2.60 bits per heavy atom. The second kappa shape index (κ2) is 5.94. The van der Waals surface area contributed by atoms with Gasteiger partial charge in [-0.15, -0.1) is 0 Å². The summed E-state index contributed by atoms with van der Waals surface area (Å²) in [5.74, 6) is 0.607. The Balaban J connectivity index is 1.72. The summed E-state index contributed by atoms with van der Waals surface area (Å²) in [6, 6.07) is 14.1. The maximum absolute atomic E-state index is 12.6. The van der Waals surface area contributed by atoms with Crippen LogP contribution in [-0.2, 0) is 6.54 Å². The van der Waals surface area contributed by atoms with E-state index in [1.54, 1.807) is 72.6 Å². The summed E-state index contributed by atoms with van der Waals surface area (Å²) in [6.45, 7) is 0.138. The molecule has 0 unspecified atom stereocenters. The van der Waals surface area contributed by atoms with Crippen molar-refractivity contribution in [1.29, 1.82) is 0 Å². The van der Waals surface area contributed by atoms with Crippen LogP contribution in [0.5, 0.6) is 5.75 Å². The third-order valence-electron chi connectivity index (χ3n) is 4.32. The van der Waals surface area contributed by atoms with Crippen molar-refractivity contribution in [3.05, 3.63) is 77.6 Å². The number of ketones is 2. The molecule has 2 aromatic heterocycles. The van der Waals surface area contributed by atoms with Crippen molar-refractivity contribution in [2.75, 3.05) is 7.11 Å². The number of hydrogen-bond acceptors (Lipinski definition) is 4. The van der Waals surface area contributed by atoms with Gasteiger partial charge in [0.1, 0.15) is 11.4 Å². The van der Waals surface area contributed by atoms with E-state index in [2.05, 4.69) is 4.98 Å². The number of ether oxygens (including phenoxy) is 1. The van der Waals surface area contributed by atoms with Crippen molar-refractivity contribution in [1.82, 2.24) is 4.98 Å². The average molecular weight is 331 g/mol. The first-order chi connectivity index (χ1) is 12.2. The van der Waals surface area contributed by atoms with Crippen LogP contribution in [0.2, 0.25) is 0 Å². The number of nitrogens with zero attached hydrogens (tertiary/aromatic N) is 2. The molecule has 0 N–H and O–H groups in total. The van der Waals surface area contributed by atoms with E-state index in [4.69, 9.17) is 4.74 Å². The number of carbonyl (C=O) groups is 2. The molecular formula is C20H15N2O3+. The van der Waals surface area contributed by atoms with Crippen molar-refractivity contribution >= 4 is 11.6 Å². The molecule has 1 aliphatic carbocycles. The monoisotopic (exact) mass is 331 g/mol. The van der Waals surface area contributed by atoms with Crippen LogP contribution < -0.4 is 9.30 Å². The van der Waals surface area contributed by atoms with E-state index >= 15 is 0 Å². The zero-order valence-corrected chi connectivity index (χ0v) is 13.6. The van der Waals surface area contributed by atoms with Crippen LogP contribution in [0.3, 0.4) is 0 Å². The smallest absolute Gasteiger partial charge is 0.243 e. The summed E-state index contributed by atoms with van der Waals surface area (Å²) in [7, 11) is 1.58. The number of hydrogen-bond donors (Lipinski definition) is 0. The minimum absolute atomic E-state index is 0.0436. The lowest BCUT2D eigenvalue weighted by molar-refractivity contribution is -0.672. The van der Waals surface area contributed by atoms with Gasteiger partial charge in [-0.1, -0.05) is 0 Å². The SMILES string of the molecule is COc1ccc(C(=O)C[n+]2cccc3c2-c2ncccc2C3=O)cc1. The minimum Gasteiger partial charge on any atom is -0.497 e. The standard InChI is InChI=1S/C20H15N2O3/c1-25-14-8-6-13(7-9-14)17(23)12-22-11-3-5-16-19(22)18-15(20(16)24)4-2-10-21-18/h2-11H,12H2,1H3/q+1. The van der Waals surface area contributed by atoms with Gasteiger partial charge in [-0.3, -0.25) is 9.59 Å². The fraction of sp³-hybridized carbons (Fsp3) is 0.100. The molecule has 0 saturated heterocycles. The van der Waals surface area contributed by atoms with Gasteiger partial charge in [0.2, 0.25) is 23.8 Å². The molecule has 1 aromatic carbocycles. The zero-order valence-electron chi connectivity index (χ0n) is 13.6. The lowest BCUT2D eigenvalue weighted by Gasteiger charge is -2.04. The highest BCUT2D eigenvalue weighted by Gasteiger charge is 2.36. The van der Waals surface area contributed by atoms with Gasteiger partial charge in [0, 0.05) is 17.8 Å². The Kier molecular flexibility index (Phi) is 3.61. The quantitative estimate of drug-likeness (QED) is 0.426. The topological polar surface area (TPSA) is 60.1 Å². The molecule has 0 fully saturated rings. The number of aromatic nitrogens is 2. The third kappa shape index (κ3) is 2.50. The van der Waals surface area contributed by atoms with E-state index in [-0.39, 0.29) is 18.1 Å². The molecule has 0 amide bonds. The van der Waals surface area contributed by atoms with E-state index in [1.165, 1.54) is 0 Å². The van der Waals surface area contributed by atoms with Crippen LogP contribution in [0.15, 0.2) is 60.9 Å². The van der Waals surface area contributed by atoms with Crippen LogP contribution in [0.4, 0.5) is 0 Å². The van der Waals surface area contributed by atoms with Gasteiger partial charge in [-0.25, -0.2) is 4.98 Å². The maximum atomic E-state index is 12.6. The highest BCUT2D eigenvalue weighted by molar-refractivity contribution is 6.19. The minimum atomic E-state index is -0.0515. The van der Waals surface area contributed by atoms with Crippen molar-refractivity contribution in [2.24, 2.45) is 0 Å². The molecule has 5 heteroatoms. The number of pyridine rings is 2. The number of benzene rings is 1. The van der Waals surface area contributed by atoms with Gasteiger partial charge in [-0.2, -0.15) is 4.57 Å². The molecule has 122 valence electrons. The molecule has 4 rings (SSSR count). The van der Waals surface area contributed by atoms with E-state index in [1.807, 2.05) is 0 Å². The Bertz CT molecular complexity index is 994. The molecule has 25 heavy (non-hydrogen) atoms. The Morgan fingerprint density at radius 2 is 1.84 bits per heavy atom. The largest absolute Gasteiger partial charge is 0.497 e. The molecule has 5 nitrogen and oxygen atoms in total. The summed E-state index contributed by atoms with van der Waals surface area (Å²) >= 11 is 0. The maximum Gasteiger partial charge on any atom is 0.243 e. The highest BCUT2D eigenvalue weighted by Crippen LogP contribution is 2.31. The summed E-state index contributed by atoms with van der Waals surface area (Å²) in [5, 5.41) is 0. The second-order valence-electron chi connectivity index (χ2n) is 5.78. The number of rotatable bonds is 4. The number of fused-ring (bicyclic) bond motifs is 3. The molecule has 0 radical (unpaired) electrons. The van der Waals surface area contributed by atoms with Crippen molar-refractivity contribution in [2.45, 2.75) is 6.54 Å².